The van der Waals surface area contributed by atoms with Crippen LogP contribution in [-0.2, 0) is 16.4 Å². The average Bonchev–Trinajstić information content (AvgIpc) is 3.00. The topological polar surface area (TPSA) is 126 Å². The summed E-state index contributed by atoms with van der Waals surface area (Å²) in [6, 6.07) is 2.22. The minimum atomic E-state index is -3.08. The number of furan rings is 1. The van der Waals surface area contributed by atoms with E-state index in [2.05, 4.69) is 10.6 Å². The molecule has 3 N–H and O–H groups in total. The van der Waals surface area contributed by atoms with Crippen molar-refractivity contribution in [1.82, 2.24) is 10.6 Å². The summed E-state index contributed by atoms with van der Waals surface area (Å²) in [5.74, 6) is -0.914. The molecule has 2 amide bonds. The van der Waals surface area contributed by atoms with Gasteiger partial charge in [0.1, 0.15) is 5.76 Å². The van der Waals surface area contributed by atoms with Crippen LogP contribution < -0.4 is 10.6 Å². The van der Waals surface area contributed by atoms with E-state index >= 15 is 0 Å². The van der Waals surface area contributed by atoms with Gasteiger partial charge >= 0.3 is 12.0 Å². The second-order valence-corrected chi connectivity index (χ2v) is 7.17. The van der Waals surface area contributed by atoms with Crippen LogP contribution in [0.2, 0.25) is 0 Å². The molecule has 0 aromatic carbocycles. The second kappa shape index (κ2) is 6.17. The highest BCUT2D eigenvalue weighted by Gasteiger charge is 2.31. The van der Waals surface area contributed by atoms with E-state index in [1.165, 1.54) is 12.1 Å². The predicted molar refractivity (Wildman–Crippen MR) is 72.7 cm³/mol. The number of amides is 2. The molecular weight excluding hydrogens is 300 g/mol. The Labute approximate surface area is 121 Å². The molecule has 1 unspecified atom stereocenters. The molecule has 0 spiro atoms. The maximum Gasteiger partial charge on any atom is 0.371 e. The molecule has 8 nitrogen and oxygen atoms in total. The molecule has 0 radical (unpaired) electrons. The fraction of sp³-hybridized carbons (Fsp3) is 0.500. The Kier molecular flexibility index (Phi) is 4.51. The maximum absolute atomic E-state index is 11.6. The normalized spacial score (nSPS) is 20.1. The van der Waals surface area contributed by atoms with Gasteiger partial charge in [-0.2, -0.15) is 0 Å². The average molecular weight is 316 g/mol. The maximum atomic E-state index is 11.6. The molecule has 1 aromatic rings. The zero-order chi connectivity index (χ0) is 15.5. The predicted octanol–water partition coefficient (Wildman–Crippen LogP) is 0.354. The monoisotopic (exact) mass is 316 g/mol. The highest BCUT2D eigenvalue weighted by atomic mass is 32.2. The Bertz CT molecular complexity index is 636. The molecule has 0 saturated carbocycles. The zero-order valence-electron chi connectivity index (χ0n) is 11.2. The fourth-order valence-electron chi connectivity index (χ4n) is 2.11. The van der Waals surface area contributed by atoms with Gasteiger partial charge in [0, 0.05) is 6.54 Å². The molecule has 1 aliphatic heterocycles. The van der Waals surface area contributed by atoms with Gasteiger partial charge in [-0.3, -0.25) is 0 Å². The van der Waals surface area contributed by atoms with Crippen LogP contribution in [0.3, 0.4) is 0 Å². The molecule has 1 saturated heterocycles. The zero-order valence-corrected chi connectivity index (χ0v) is 12.0. The van der Waals surface area contributed by atoms with E-state index in [-0.39, 0.29) is 24.6 Å². The van der Waals surface area contributed by atoms with Crippen molar-refractivity contribution in [2.75, 3.05) is 12.3 Å². The summed E-state index contributed by atoms with van der Waals surface area (Å²) in [5.41, 5.74) is 0. The van der Waals surface area contributed by atoms with Gasteiger partial charge in [-0.15, -0.1) is 0 Å². The minimum absolute atomic E-state index is 0.0243. The number of carbonyl (C=O) groups is 2. The molecule has 9 heteroatoms. The molecule has 1 atom stereocenters. The summed E-state index contributed by atoms with van der Waals surface area (Å²) in [7, 11) is -3.08. The number of hydrogen-bond acceptors (Lipinski definition) is 5. The Morgan fingerprint density at radius 2 is 2.10 bits per heavy atom. The number of urea groups is 1. The number of sulfone groups is 1. The summed E-state index contributed by atoms with van der Waals surface area (Å²) in [5, 5.41) is 13.1. The third kappa shape index (κ3) is 3.97. The van der Waals surface area contributed by atoms with E-state index in [0.717, 1.165) is 0 Å². The number of aromatic carboxylic acids is 1. The van der Waals surface area contributed by atoms with E-state index in [9.17, 15) is 18.0 Å². The second-order valence-electron chi connectivity index (χ2n) is 4.77. The third-order valence-corrected chi connectivity index (χ3v) is 5.52. The summed E-state index contributed by atoms with van der Waals surface area (Å²) in [6.07, 6.45) is 1.18. The van der Waals surface area contributed by atoms with Crippen LogP contribution in [0.15, 0.2) is 16.5 Å². The number of carboxylic acid groups (broad SMARTS) is 1. The Morgan fingerprint density at radius 3 is 2.67 bits per heavy atom. The van der Waals surface area contributed by atoms with Crippen LogP contribution in [0.5, 0.6) is 0 Å². The number of nitrogens with one attached hydrogen (secondary N) is 2. The molecule has 1 aliphatic rings. The number of carboxylic acids is 1. The number of carbonyl (C=O) groups excluding carboxylic acids is 1. The Morgan fingerprint density at radius 1 is 1.33 bits per heavy atom. The van der Waals surface area contributed by atoms with Gasteiger partial charge in [0.05, 0.1) is 17.5 Å². The first-order valence-electron chi connectivity index (χ1n) is 6.44. The van der Waals surface area contributed by atoms with Crippen LogP contribution in [0.4, 0.5) is 4.79 Å². The molecular formula is C12H16N2O6S. The van der Waals surface area contributed by atoms with Crippen molar-refractivity contribution in [3.8, 4) is 0 Å². The first-order chi connectivity index (χ1) is 9.88. The van der Waals surface area contributed by atoms with Crippen LogP contribution in [0, 0.1) is 0 Å². The molecule has 0 aliphatic carbocycles. The molecule has 0 bridgehead atoms. The SMILES string of the molecule is O=C(NCc1ccc(C(=O)O)o1)NCC1CCCS1(=O)=O. The van der Waals surface area contributed by atoms with Crippen molar-refractivity contribution >= 4 is 21.8 Å². The number of rotatable bonds is 5. The Hall–Kier alpha value is -2.03. The standard InChI is InChI=1S/C12H16N2O6S/c15-11(16)10-4-3-8(20-10)6-13-12(17)14-7-9-2-1-5-21(9,18)19/h3-4,9H,1-2,5-7H2,(H,15,16)(H2,13,14,17). The lowest BCUT2D eigenvalue weighted by Crippen LogP contribution is -2.40. The van der Waals surface area contributed by atoms with E-state index in [4.69, 9.17) is 9.52 Å². The summed E-state index contributed by atoms with van der Waals surface area (Å²) < 4.78 is 28.1. The van der Waals surface area contributed by atoms with Gasteiger partial charge < -0.3 is 20.2 Å². The lowest BCUT2D eigenvalue weighted by atomic mass is 10.2. The highest BCUT2D eigenvalue weighted by Crippen LogP contribution is 2.18. The van der Waals surface area contributed by atoms with Crippen molar-refractivity contribution in [2.45, 2.75) is 24.6 Å². The first-order valence-corrected chi connectivity index (χ1v) is 8.15. The molecule has 2 rings (SSSR count). The van der Waals surface area contributed by atoms with Crippen molar-refractivity contribution < 1.29 is 27.5 Å². The number of hydrogen-bond donors (Lipinski definition) is 3. The van der Waals surface area contributed by atoms with Crippen LogP contribution in [-0.4, -0.2) is 43.1 Å². The third-order valence-electron chi connectivity index (χ3n) is 3.25. The quantitative estimate of drug-likeness (QED) is 0.720. The van der Waals surface area contributed by atoms with Gasteiger partial charge in [0.25, 0.3) is 0 Å². The smallest absolute Gasteiger partial charge is 0.371 e. The first kappa shape index (κ1) is 15.4. The molecule has 2 heterocycles. The van der Waals surface area contributed by atoms with Crippen molar-refractivity contribution in [3.05, 3.63) is 23.7 Å². The largest absolute Gasteiger partial charge is 0.475 e. The van der Waals surface area contributed by atoms with Crippen LogP contribution >= 0.6 is 0 Å². The van der Waals surface area contributed by atoms with E-state index in [1.807, 2.05) is 0 Å². The van der Waals surface area contributed by atoms with Crippen LogP contribution in [0.1, 0.15) is 29.2 Å². The van der Waals surface area contributed by atoms with Gasteiger partial charge in [-0.25, -0.2) is 18.0 Å². The molecule has 116 valence electrons. The molecule has 21 heavy (non-hydrogen) atoms. The highest BCUT2D eigenvalue weighted by molar-refractivity contribution is 7.92. The van der Waals surface area contributed by atoms with Gasteiger partial charge in [0.15, 0.2) is 9.84 Å². The fourth-order valence-corrected chi connectivity index (χ4v) is 3.88. The lowest BCUT2D eigenvalue weighted by Gasteiger charge is -2.11. The van der Waals surface area contributed by atoms with Crippen LogP contribution in [0.25, 0.3) is 0 Å². The van der Waals surface area contributed by atoms with Gasteiger partial charge in [-0.05, 0) is 25.0 Å². The van der Waals surface area contributed by atoms with Crippen molar-refractivity contribution in [3.63, 3.8) is 0 Å². The molecule has 1 fully saturated rings. The van der Waals surface area contributed by atoms with Gasteiger partial charge in [-0.1, -0.05) is 0 Å². The molecule has 1 aromatic heterocycles. The van der Waals surface area contributed by atoms with E-state index < -0.39 is 27.1 Å². The lowest BCUT2D eigenvalue weighted by molar-refractivity contribution is 0.0660. The minimum Gasteiger partial charge on any atom is -0.475 e. The Balaban J connectivity index is 1.76. The van der Waals surface area contributed by atoms with Crippen molar-refractivity contribution in [2.24, 2.45) is 0 Å². The summed E-state index contributed by atoms with van der Waals surface area (Å²) in [6.45, 7) is 0.100. The summed E-state index contributed by atoms with van der Waals surface area (Å²) >= 11 is 0. The summed E-state index contributed by atoms with van der Waals surface area (Å²) in [4.78, 5) is 22.2. The van der Waals surface area contributed by atoms with E-state index in [0.29, 0.717) is 18.6 Å². The van der Waals surface area contributed by atoms with E-state index in [1.54, 1.807) is 0 Å². The van der Waals surface area contributed by atoms with Crippen molar-refractivity contribution in [1.29, 1.82) is 0 Å². The van der Waals surface area contributed by atoms with Gasteiger partial charge in [0.2, 0.25) is 5.76 Å².